The third-order valence-electron chi connectivity index (χ3n) is 1.83. The third-order valence-corrected chi connectivity index (χ3v) is 1.83. The fourth-order valence-electron chi connectivity index (χ4n) is 1.36. The van der Waals surface area contributed by atoms with Crippen LogP contribution in [0.5, 0.6) is 0 Å². The van der Waals surface area contributed by atoms with Crippen LogP contribution >= 0.6 is 0 Å². The van der Waals surface area contributed by atoms with E-state index in [0.29, 0.717) is 13.8 Å². The molecule has 0 unspecified atom stereocenters. The molecule has 0 bridgehead atoms. The highest BCUT2D eigenvalue weighted by Gasteiger charge is 2.37. The second-order valence-electron chi connectivity index (χ2n) is 4.00. The molecule has 0 rings (SSSR count). The number of hydrogen-bond acceptors (Lipinski definition) is 2. The summed E-state index contributed by atoms with van der Waals surface area (Å²) >= 11 is 0. The fraction of sp³-hybridized carbons (Fsp3) is 0.900. The van der Waals surface area contributed by atoms with Gasteiger partial charge in [0.25, 0.3) is 0 Å². The Balaban J connectivity index is 4.57. The molecular weight excluding hydrogens is 228 g/mol. The maximum Gasteiger partial charge on any atom is 0.309 e. The van der Waals surface area contributed by atoms with Crippen molar-refractivity contribution in [2.75, 3.05) is 6.61 Å². The van der Waals surface area contributed by atoms with E-state index < -0.39 is 36.6 Å². The van der Waals surface area contributed by atoms with Crippen molar-refractivity contribution in [2.45, 2.75) is 45.5 Å². The Hall–Kier alpha value is -0.810. The minimum absolute atomic E-state index is 0.0140. The third kappa shape index (κ3) is 7.48. The number of carbonyl (C=O) groups is 1. The number of halogens is 4. The molecule has 0 spiro atoms. The molecule has 16 heavy (non-hydrogen) atoms. The maximum atomic E-state index is 12.7. The average Bonchev–Trinajstić information content (AvgIpc) is 1.97. The van der Waals surface area contributed by atoms with Crippen LogP contribution in [-0.2, 0) is 9.53 Å². The summed E-state index contributed by atoms with van der Waals surface area (Å²) in [5, 5.41) is 0. The summed E-state index contributed by atoms with van der Waals surface area (Å²) < 4.78 is 55.3. The first kappa shape index (κ1) is 15.2. The van der Waals surface area contributed by atoms with Crippen LogP contribution in [0.1, 0.15) is 33.6 Å². The fourth-order valence-corrected chi connectivity index (χ4v) is 1.36. The van der Waals surface area contributed by atoms with Crippen molar-refractivity contribution in [3.63, 3.8) is 0 Å². The molecule has 6 heteroatoms. The molecular formula is C10H16F4O2. The first-order valence-corrected chi connectivity index (χ1v) is 4.97. The molecule has 0 saturated carbocycles. The average molecular weight is 244 g/mol. The summed E-state index contributed by atoms with van der Waals surface area (Å²) in [7, 11) is 0. The van der Waals surface area contributed by atoms with E-state index in [1.165, 1.54) is 6.92 Å². The summed E-state index contributed by atoms with van der Waals surface area (Å²) in [5.74, 6) is -8.80. The van der Waals surface area contributed by atoms with Crippen LogP contribution in [-0.4, -0.2) is 24.4 Å². The van der Waals surface area contributed by atoms with E-state index in [1.807, 2.05) is 0 Å². The van der Waals surface area contributed by atoms with E-state index in [4.69, 9.17) is 0 Å². The number of rotatable bonds is 6. The minimum atomic E-state index is -3.16. The standard InChI is InChI=1S/C10H16F4O2/c1-4-16-8(15)7(5-9(2,11)12)6-10(3,13)14/h7H,4-6H2,1-3H3. The van der Waals surface area contributed by atoms with Gasteiger partial charge in [0.15, 0.2) is 0 Å². The molecule has 2 nitrogen and oxygen atoms in total. The van der Waals surface area contributed by atoms with Crippen molar-refractivity contribution in [3.8, 4) is 0 Å². The summed E-state index contributed by atoms with van der Waals surface area (Å²) in [6.07, 6.45) is -1.84. The Bertz CT molecular complexity index is 214. The molecule has 0 amide bonds. The lowest BCUT2D eigenvalue weighted by Gasteiger charge is -2.21. The molecule has 0 aliphatic heterocycles. The topological polar surface area (TPSA) is 26.3 Å². The van der Waals surface area contributed by atoms with Gasteiger partial charge in [-0.2, -0.15) is 0 Å². The van der Waals surface area contributed by atoms with Crippen molar-refractivity contribution < 1.29 is 27.1 Å². The number of alkyl halides is 4. The predicted octanol–water partition coefficient (Wildman–Crippen LogP) is 3.26. The lowest BCUT2D eigenvalue weighted by atomic mass is 9.95. The normalized spacial score (nSPS) is 13.0. The minimum Gasteiger partial charge on any atom is -0.466 e. The highest BCUT2D eigenvalue weighted by Crippen LogP contribution is 2.31. The summed E-state index contributed by atoms with van der Waals surface area (Å²) in [5.41, 5.74) is 0. The Morgan fingerprint density at radius 3 is 1.75 bits per heavy atom. The molecule has 0 aromatic carbocycles. The van der Waals surface area contributed by atoms with Crippen LogP contribution in [0.3, 0.4) is 0 Å². The lowest BCUT2D eigenvalue weighted by Crippen LogP contribution is -2.30. The lowest BCUT2D eigenvalue weighted by molar-refractivity contribution is -0.155. The molecule has 0 aliphatic rings. The maximum absolute atomic E-state index is 12.7. The Morgan fingerprint density at radius 2 is 1.50 bits per heavy atom. The second-order valence-corrected chi connectivity index (χ2v) is 4.00. The van der Waals surface area contributed by atoms with Gasteiger partial charge in [-0.15, -0.1) is 0 Å². The smallest absolute Gasteiger partial charge is 0.309 e. The largest absolute Gasteiger partial charge is 0.466 e. The van der Waals surface area contributed by atoms with Crippen molar-refractivity contribution in [3.05, 3.63) is 0 Å². The van der Waals surface area contributed by atoms with E-state index in [9.17, 15) is 22.4 Å². The molecule has 0 fully saturated rings. The molecule has 0 aromatic rings. The van der Waals surface area contributed by atoms with Gasteiger partial charge < -0.3 is 4.74 Å². The first-order chi connectivity index (χ1) is 7.05. The zero-order valence-corrected chi connectivity index (χ0v) is 9.53. The van der Waals surface area contributed by atoms with E-state index in [2.05, 4.69) is 4.74 Å². The van der Waals surface area contributed by atoms with Crippen LogP contribution < -0.4 is 0 Å². The van der Waals surface area contributed by atoms with Gasteiger partial charge in [-0.3, -0.25) is 4.79 Å². The van der Waals surface area contributed by atoms with Crippen molar-refractivity contribution in [2.24, 2.45) is 5.92 Å². The highest BCUT2D eigenvalue weighted by molar-refractivity contribution is 5.72. The van der Waals surface area contributed by atoms with E-state index in [0.717, 1.165) is 0 Å². The van der Waals surface area contributed by atoms with Crippen LogP contribution in [0.4, 0.5) is 17.6 Å². The van der Waals surface area contributed by atoms with E-state index in [-0.39, 0.29) is 6.61 Å². The van der Waals surface area contributed by atoms with Crippen LogP contribution in [0.2, 0.25) is 0 Å². The molecule has 0 N–H and O–H groups in total. The second kappa shape index (κ2) is 5.50. The summed E-state index contributed by atoms with van der Waals surface area (Å²) in [6.45, 7) is 2.66. The monoisotopic (exact) mass is 244 g/mol. The van der Waals surface area contributed by atoms with Crippen molar-refractivity contribution in [1.82, 2.24) is 0 Å². The molecule has 0 atom stereocenters. The number of carbonyl (C=O) groups excluding carboxylic acids is 1. The molecule has 0 heterocycles. The van der Waals surface area contributed by atoms with Crippen LogP contribution in [0.25, 0.3) is 0 Å². The molecule has 0 radical (unpaired) electrons. The Labute approximate surface area is 92.0 Å². The Kier molecular flexibility index (Phi) is 5.22. The number of hydrogen-bond donors (Lipinski definition) is 0. The molecule has 96 valence electrons. The zero-order valence-electron chi connectivity index (χ0n) is 9.53. The van der Waals surface area contributed by atoms with Gasteiger partial charge in [0.1, 0.15) is 0 Å². The van der Waals surface area contributed by atoms with Crippen molar-refractivity contribution in [1.29, 1.82) is 0 Å². The molecule has 0 saturated heterocycles. The summed E-state index contributed by atoms with van der Waals surface area (Å²) in [4.78, 5) is 11.2. The van der Waals surface area contributed by atoms with Gasteiger partial charge in [0, 0.05) is 12.8 Å². The van der Waals surface area contributed by atoms with Gasteiger partial charge in [-0.1, -0.05) is 0 Å². The number of esters is 1. The molecule has 0 aliphatic carbocycles. The zero-order chi connectivity index (χ0) is 13.0. The predicted molar refractivity (Wildman–Crippen MR) is 50.6 cm³/mol. The van der Waals surface area contributed by atoms with Gasteiger partial charge in [0.2, 0.25) is 11.8 Å². The van der Waals surface area contributed by atoms with Gasteiger partial charge in [-0.25, -0.2) is 17.6 Å². The van der Waals surface area contributed by atoms with Gasteiger partial charge in [-0.05, 0) is 20.8 Å². The number of ether oxygens (including phenoxy) is 1. The van der Waals surface area contributed by atoms with Crippen LogP contribution in [0.15, 0.2) is 0 Å². The van der Waals surface area contributed by atoms with Gasteiger partial charge in [0.05, 0.1) is 12.5 Å². The SMILES string of the molecule is CCOC(=O)C(CC(C)(F)F)CC(C)(F)F. The molecule has 0 aromatic heterocycles. The van der Waals surface area contributed by atoms with Crippen molar-refractivity contribution >= 4 is 5.97 Å². The van der Waals surface area contributed by atoms with E-state index in [1.54, 1.807) is 0 Å². The highest BCUT2D eigenvalue weighted by atomic mass is 19.3. The summed E-state index contributed by atoms with van der Waals surface area (Å²) in [6, 6.07) is 0. The first-order valence-electron chi connectivity index (χ1n) is 4.97. The van der Waals surface area contributed by atoms with Crippen LogP contribution in [0, 0.1) is 5.92 Å². The Morgan fingerprint density at radius 1 is 1.12 bits per heavy atom. The quantitative estimate of drug-likeness (QED) is 0.529. The van der Waals surface area contributed by atoms with Gasteiger partial charge >= 0.3 is 5.97 Å². The van der Waals surface area contributed by atoms with E-state index >= 15 is 0 Å².